The first-order valence-corrected chi connectivity index (χ1v) is 9.83. The third-order valence-electron chi connectivity index (χ3n) is 6.43. The van der Waals surface area contributed by atoms with Crippen molar-refractivity contribution in [3.8, 4) is 0 Å². The number of hydrogen-bond donors (Lipinski definition) is 0. The van der Waals surface area contributed by atoms with E-state index in [1.54, 1.807) is 4.90 Å². The molecule has 4 nitrogen and oxygen atoms in total. The van der Waals surface area contributed by atoms with Crippen molar-refractivity contribution in [1.82, 2.24) is 4.90 Å². The van der Waals surface area contributed by atoms with Gasteiger partial charge in [-0.2, -0.15) is 0 Å². The van der Waals surface area contributed by atoms with Crippen molar-refractivity contribution in [2.75, 3.05) is 13.2 Å². The van der Waals surface area contributed by atoms with E-state index in [1.165, 1.54) is 5.56 Å². The Bertz CT molecular complexity index is 693. The van der Waals surface area contributed by atoms with Crippen molar-refractivity contribution < 1.29 is 14.3 Å². The highest BCUT2D eigenvalue weighted by Crippen LogP contribution is 2.44. The molecule has 1 aliphatic carbocycles. The first kappa shape index (κ1) is 17.5. The maximum Gasteiger partial charge on any atom is 0.256 e. The maximum atomic E-state index is 13.2. The van der Waals surface area contributed by atoms with Crippen LogP contribution in [0.5, 0.6) is 0 Å². The summed E-state index contributed by atoms with van der Waals surface area (Å²) >= 11 is 0. The molecule has 1 saturated carbocycles. The van der Waals surface area contributed by atoms with E-state index in [9.17, 15) is 9.59 Å². The number of carbonyl (C=O) groups excluding carboxylic acids is 2. The number of carbonyl (C=O) groups is 2. The summed E-state index contributed by atoms with van der Waals surface area (Å²) in [6.45, 7) is 5.43. The minimum absolute atomic E-state index is 0.0339. The van der Waals surface area contributed by atoms with E-state index >= 15 is 0 Å². The highest BCUT2D eigenvalue weighted by Gasteiger charge is 2.49. The van der Waals surface area contributed by atoms with E-state index in [1.807, 2.05) is 18.2 Å². The first-order chi connectivity index (χ1) is 12.6. The molecule has 0 N–H and O–H groups in total. The molecule has 4 rings (SSSR count). The van der Waals surface area contributed by atoms with Gasteiger partial charge in [0.25, 0.3) is 5.91 Å². The average Bonchev–Trinajstić information content (AvgIpc) is 2.65. The van der Waals surface area contributed by atoms with Crippen LogP contribution >= 0.6 is 0 Å². The highest BCUT2D eigenvalue weighted by atomic mass is 16.5. The van der Waals surface area contributed by atoms with Gasteiger partial charge in [-0.1, -0.05) is 36.9 Å². The van der Waals surface area contributed by atoms with E-state index in [4.69, 9.17) is 4.74 Å². The van der Waals surface area contributed by atoms with E-state index in [2.05, 4.69) is 18.7 Å². The molecule has 138 valence electrons. The van der Waals surface area contributed by atoms with Crippen LogP contribution in [0.15, 0.2) is 42.5 Å². The summed E-state index contributed by atoms with van der Waals surface area (Å²) in [5.41, 5.74) is 1.77. The summed E-state index contributed by atoms with van der Waals surface area (Å²) in [4.78, 5) is 27.9. The standard InChI is InChI=1S/C22H27NO3/c1-15(17-9-11-26-12-10-17)21(24)23-19(13-16-5-3-2-4-6-16)14-18-7-8-20(18)22(23)25/h2-6,17-20H,1,7-14H2/t18?,19-,20?/m1/s1. The molecule has 0 spiro atoms. The Balaban J connectivity index is 1.55. The van der Waals surface area contributed by atoms with Crippen molar-refractivity contribution >= 4 is 11.8 Å². The molecule has 26 heavy (non-hydrogen) atoms. The number of piperidine rings is 1. The monoisotopic (exact) mass is 353 g/mol. The molecule has 1 aromatic rings. The predicted molar refractivity (Wildman–Crippen MR) is 99.3 cm³/mol. The minimum atomic E-state index is -0.145. The normalized spacial score (nSPS) is 29.0. The average molecular weight is 353 g/mol. The van der Waals surface area contributed by atoms with Crippen LogP contribution in [0.4, 0.5) is 0 Å². The Morgan fingerprint density at radius 2 is 1.85 bits per heavy atom. The van der Waals surface area contributed by atoms with Crippen LogP contribution in [0.25, 0.3) is 0 Å². The van der Waals surface area contributed by atoms with Gasteiger partial charge in [-0.25, -0.2) is 0 Å². The van der Waals surface area contributed by atoms with Gasteiger partial charge in [-0.3, -0.25) is 14.5 Å². The molecule has 3 fully saturated rings. The Kier molecular flexibility index (Phi) is 4.94. The molecule has 2 aliphatic heterocycles. The van der Waals surface area contributed by atoms with Crippen LogP contribution in [-0.2, 0) is 20.7 Å². The van der Waals surface area contributed by atoms with Crippen molar-refractivity contribution in [3.05, 3.63) is 48.0 Å². The van der Waals surface area contributed by atoms with E-state index in [0.29, 0.717) is 24.7 Å². The van der Waals surface area contributed by atoms with Gasteiger partial charge in [-0.05, 0) is 55.9 Å². The van der Waals surface area contributed by atoms with Gasteiger partial charge >= 0.3 is 0 Å². The molecule has 1 aromatic carbocycles. The zero-order valence-electron chi connectivity index (χ0n) is 15.2. The second kappa shape index (κ2) is 7.36. The summed E-state index contributed by atoms with van der Waals surface area (Å²) < 4.78 is 5.40. The minimum Gasteiger partial charge on any atom is -0.381 e. The highest BCUT2D eigenvalue weighted by molar-refractivity contribution is 6.05. The summed E-state index contributed by atoms with van der Waals surface area (Å²) in [6, 6.07) is 10.1. The maximum absolute atomic E-state index is 13.2. The SMILES string of the molecule is C=C(C(=O)N1C(=O)C2CCC2C[C@H]1Cc1ccccc1)C1CCOCC1. The zero-order valence-corrected chi connectivity index (χ0v) is 15.2. The lowest BCUT2D eigenvalue weighted by atomic mass is 9.66. The van der Waals surface area contributed by atoms with E-state index in [0.717, 1.165) is 38.5 Å². The Morgan fingerprint density at radius 3 is 2.50 bits per heavy atom. The van der Waals surface area contributed by atoms with E-state index in [-0.39, 0.29) is 29.7 Å². The number of amides is 2. The van der Waals surface area contributed by atoms with Gasteiger partial charge in [0, 0.05) is 30.7 Å². The van der Waals surface area contributed by atoms with Crippen LogP contribution in [0.3, 0.4) is 0 Å². The summed E-state index contributed by atoms with van der Waals surface area (Å²) in [6.07, 6.45) is 5.35. The third kappa shape index (κ3) is 3.23. The summed E-state index contributed by atoms with van der Waals surface area (Å²) in [5.74, 6) is 0.533. The number of ether oxygens (including phenoxy) is 1. The van der Waals surface area contributed by atoms with Crippen LogP contribution in [-0.4, -0.2) is 36.0 Å². The second-order valence-electron chi connectivity index (χ2n) is 7.95. The fraction of sp³-hybridized carbons (Fsp3) is 0.545. The fourth-order valence-corrected chi connectivity index (χ4v) is 4.69. The molecule has 2 heterocycles. The molecule has 0 aromatic heterocycles. The van der Waals surface area contributed by atoms with Crippen molar-refractivity contribution in [1.29, 1.82) is 0 Å². The molecule has 3 aliphatic rings. The number of hydrogen-bond acceptors (Lipinski definition) is 3. The smallest absolute Gasteiger partial charge is 0.256 e. The molecule has 2 saturated heterocycles. The lowest BCUT2D eigenvalue weighted by molar-refractivity contribution is -0.159. The topological polar surface area (TPSA) is 46.6 Å². The number of rotatable bonds is 4. The number of nitrogens with zero attached hydrogens (tertiary/aromatic N) is 1. The molecular formula is C22H27NO3. The van der Waals surface area contributed by atoms with Gasteiger partial charge in [0.15, 0.2) is 0 Å². The van der Waals surface area contributed by atoms with Gasteiger partial charge in [0.1, 0.15) is 0 Å². The molecule has 3 atom stereocenters. The number of fused-ring (bicyclic) bond motifs is 1. The fourth-order valence-electron chi connectivity index (χ4n) is 4.69. The molecule has 0 bridgehead atoms. The van der Waals surface area contributed by atoms with Crippen molar-refractivity contribution in [2.24, 2.45) is 17.8 Å². The first-order valence-electron chi connectivity index (χ1n) is 9.83. The van der Waals surface area contributed by atoms with Gasteiger partial charge in [0.2, 0.25) is 5.91 Å². The molecule has 0 radical (unpaired) electrons. The van der Waals surface area contributed by atoms with Crippen LogP contribution in [0.1, 0.15) is 37.7 Å². The largest absolute Gasteiger partial charge is 0.381 e. The Labute approximate surface area is 155 Å². The Hall–Kier alpha value is -1.94. The van der Waals surface area contributed by atoms with Gasteiger partial charge in [0.05, 0.1) is 0 Å². The number of imide groups is 1. The van der Waals surface area contributed by atoms with Crippen LogP contribution in [0, 0.1) is 17.8 Å². The van der Waals surface area contributed by atoms with E-state index < -0.39 is 0 Å². The second-order valence-corrected chi connectivity index (χ2v) is 7.95. The van der Waals surface area contributed by atoms with Crippen molar-refractivity contribution in [3.63, 3.8) is 0 Å². The molecule has 4 heteroatoms. The quantitative estimate of drug-likeness (QED) is 0.780. The molecule has 2 unspecified atom stereocenters. The lowest BCUT2D eigenvalue weighted by Crippen LogP contribution is -2.58. The van der Waals surface area contributed by atoms with Gasteiger partial charge in [-0.15, -0.1) is 0 Å². The summed E-state index contributed by atoms with van der Waals surface area (Å²) in [5, 5.41) is 0. The Morgan fingerprint density at radius 1 is 1.12 bits per heavy atom. The van der Waals surface area contributed by atoms with Crippen LogP contribution in [0.2, 0.25) is 0 Å². The van der Waals surface area contributed by atoms with Crippen molar-refractivity contribution in [2.45, 2.75) is 44.6 Å². The number of benzene rings is 1. The third-order valence-corrected chi connectivity index (χ3v) is 6.43. The van der Waals surface area contributed by atoms with Gasteiger partial charge < -0.3 is 4.74 Å². The lowest BCUT2D eigenvalue weighted by Gasteiger charge is -2.48. The molecule has 2 amide bonds. The zero-order chi connectivity index (χ0) is 18.1. The number of likely N-dealkylation sites (tertiary alicyclic amines) is 1. The summed E-state index contributed by atoms with van der Waals surface area (Å²) in [7, 11) is 0. The van der Waals surface area contributed by atoms with Crippen LogP contribution < -0.4 is 0 Å². The molecular weight excluding hydrogens is 326 g/mol. The predicted octanol–water partition coefficient (Wildman–Crippen LogP) is 3.37.